The predicted molar refractivity (Wildman–Crippen MR) is 81.6 cm³/mol. The molecule has 2 aromatic rings. The Hall–Kier alpha value is -0.980. The lowest BCUT2D eigenvalue weighted by Crippen LogP contribution is -2.50. The van der Waals surface area contributed by atoms with E-state index in [-0.39, 0.29) is 6.61 Å². The Kier molecular flexibility index (Phi) is 4.05. The topological polar surface area (TPSA) is 54.2 Å². The first-order valence-corrected chi connectivity index (χ1v) is 7.81. The van der Waals surface area contributed by atoms with Crippen LogP contribution in [0.4, 0.5) is 0 Å². The maximum absolute atomic E-state index is 9.19. The van der Waals surface area contributed by atoms with Gasteiger partial charge in [0.05, 0.1) is 12.1 Å². The van der Waals surface area contributed by atoms with Gasteiger partial charge in [0.1, 0.15) is 5.82 Å². The number of aliphatic hydroxyl groups is 1. The molecule has 1 atom stereocenters. The molecule has 5 nitrogen and oxygen atoms in total. The van der Waals surface area contributed by atoms with Crippen LogP contribution < -0.4 is 0 Å². The monoisotopic (exact) mass is 338 g/mol. The van der Waals surface area contributed by atoms with Crippen LogP contribution in [0.1, 0.15) is 18.7 Å². The van der Waals surface area contributed by atoms with Gasteiger partial charge in [0.25, 0.3) is 0 Å². The first-order chi connectivity index (χ1) is 9.69. The number of aryl methyl sites for hydroxylation is 2. The molecule has 0 bridgehead atoms. The summed E-state index contributed by atoms with van der Waals surface area (Å²) in [5.74, 6) is 1.01. The van der Waals surface area contributed by atoms with E-state index in [1.165, 1.54) is 0 Å². The van der Waals surface area contributed by atoms with Crippen molar-refractivity contribution in [3.63, 3.8) is 0 Å². The molecule has 3 rings (SSSR count). The number of hydrogen-bond acceptors (Lipinski definition) is 4. The number of hydrogen-bond donors (Lipinski definition) is 1. The largest absolute Gasteiger partial charge is 0.395 e. The van der Waals surface area contributed by atoms with Gasteiger partial charge in [-0.25, -0.2) is 9.97 Å². The average Bonchev–Trinajstić information content (AvgIpc) is 2.69. The Labute approximate surface area is 126 Å². The summed E-state index contributed by atoms with van der Waals surface area (Å²) in [5, 5.41) is 9.19. The second-order valence-electron chi connectivity index (χ2n) is 5.32. The van der Waals surface area contributed by atoms with Gasteiger partial charge in [0.2, 0.25) is 0 Å². The summed E-state index contributed by atoms with van der Waals surface area (Å²) in [4.78, 5) is 11.2. The molecule has 1 N–H and O–H groups in total. The fourth-order valence-corrected chi connectivity index (χ4v) is 3.12. The number of pyridine rings is 1. The van der Waals surface area contributed by atoms with Gasteiger partial charge in [-0.3, -0.25) is 4.90 Å². The maximum atomic E-state index is 9.19. The Morgan fingerprint density at radius 3 is 3.00 bits per heavy atom. The molecule has 20 heavy (non-hydrogen) atoms. The minimum atomic E-state index is 0.282. The molecular weight excluding hydrogens is 320 g/mol. The zero-order valence-electron chi connectivity index (χ0n) is 11.6. The smallest absolute Gasteiger partial charge is 0.177 e. The Morgan fingerprint density at radius 1 is 1.45 bits per heavy atom. The summed E-state index contributed by atoms with van der Waals surface area (Å²) in [6.07, 6.45) is 3.97. The summed E-state index contributed by atoms with van der Waals surface area (Å²) in [7, 11) is 0. The molecular formula is C14H19BrN4O. The lowest BCUT2D eigenvalue weighted by atomic mass is 10.0. The molecule has 0 radical (unpaired) electrons. The summed E-state index contributed by atoms with van der Waals surface area (Å²) in [6.45, 7) is 5.39. The quantitative estimate of drug-likeness (QED) is 0.905. The highest BCUT2D eigenvalue weighted by Gasteiger charge is 2.26. The van der Waals surface area contributed by atoms with E-state index in [1.807, 2.05) is 6.92 Å². The van der Waals surface area contributed by atoms with Crippen LogP contribution in [0.3, 0.4) is 0 Å². The standard InChI is InChI=1S/C14H19BrN4O/c1-10-17-14-13(7-11(15)8-16-14)19(10)5-2-4-18-6-3-12(18)9-20/h7-8,12,20H,2-6,9H2,1H3/t12-/m0/s1. The lowest BCUT2D eigenvalue weighted by molar-refractivity contribution is 0.0408. The molecule has 1 saturated heterocycles. The molecule has 0 spiro atoms. The summed E-state index contributed by atoms with van der Waals surface area (Å²) in [5.41, 5.74) is 1.89. The molecule has 6 heteroatoms. The summed E-state index contributed by atoms with van der Waals surface area (Å²) in [6, 6.07) is 2.45. The van der Waals surface area contributed by atoms with Crippen molar-refractivity contribution in [2.24, 2.45) is 0 Å². The summed E-state index contributed by atoms with van der Waals surface area (Å²) < 4.78 is 3.20. The zero-order valence-corrected chi connectivity index (χ0v) is 13.2. The van der Waals surface area contributed by atoms with Gasteiger partial charge in [0, 0.05) is 36.3 Å². The molecule has 1 aliphatic heterocycles. The fraction of sp³-hybridized carbons (Fsp3) is 0.571. The highest BCUT2D eigenvalue weighted by atomic mass is 79.9. The molecule has 2 aromatic heterocycles. The number of likely N-dealkylation sites (tertiary alicyclic amines) is 1. The molecule has 1 aliphatic rings. The Balaban J connectivity index is 1.68. The van der Waals surface area contributed by atoms with E-state index >= 15 is 0 Å². The second kappa shape index (κ2) is 5.79. The van der Waals surface area contributed by atoms with Gasteiger partial charge >= 0.3 is 0 Å². The first kappa shape index (κ1) is 14.0. The third-order valence-electron chi connectivity index (χ3n) is 4.07. The van der Waals surface area contributed by atoms with E-state index in [1.54, 1.807) is 6.20 Å². The lowest BCUT2D eigenvalue weighted by Gasteiger charge is -2.39. The molecule has 0 aromatic carbocycles. The minimum absolute atomic E-state index is 0.282. The van der Waals surface area contributed by atoms with Crippen LogP contribution in [0.25, 0.3) is 11.2 Å². The van der Waals surface area contributed by atoms with Gasteiger partial charge in [-0.1, -0.05) is 0 Å². The number of aromatic nitrogens is 3. The van der Waals surface area contributed by atoms with Gasteiger partial charge in [-0.2, -0.15) is 0 Å². The van der Waals surface area contributed by atoms with E-state index < -0.39 is 0 Å². The average molecular weight is 339 g/mol. The van der Waals surface area contributed by atoms with Crippen molar-refractivity contribution >= 4 is 27.1 Å². The number of rotatable bonds is 5. The van der Waals surface area contributed by atoms with Crippen LogP contribution in [0, 0.1) is 6.92 Å². The first-order valence-electron chi connectivity index (χ1n) is 7.02. The normalized spacial score (nSPS) is 19.4. The van der Waals surface area contributed by atoms with Crippen molar-refractivity contribution in [2.45, 2.75) is 32.4 Å². The van der Waals surface area contributed by atoms with E-state index in [2.05, 4.69) is 41.4 Å². The van der Waals surface area contributed by atoms with Crippen molar-refractivity contribution in [1.29, 1.82) is 0 Å². The van der Waals surface area contributed by atoms with Crippen molar-refractivity contribution in [1.82, 2.24) is 19.4 Å². The molecule has 0 aliphatic carbocycles. The van der Waals surface area contributed by atoms with Crippen molar-refractivity contribution in [3.05, 3.63) is 22.6 Å². The van der Waals surface area contributed by atoms with E-state index in [0.717, 1.165) is 53.9 Å². The van der Waals surface area contributed by atoms with Crippen LogP contribution in [0.5, 0.6) is 0 Å². The van der Waals surface area contributed by atoms with Crippen LogP contribution in [0.2, 0.25) is 0 Å². The Morgan fingerprint density at radius 2 is 2.30 bits per heavy atom. The number of imidazole rings is 1. The van der Waals surface area contributed by atoms with Crippen LogP contribution in [-0.4, -0.2) is 50.3 Å². The summed E-state index contributed by atoms with van der Waals surface area (Å²) >= 11 is 3.47. The van der Waals surface area contributed by atoms with Crippen molar-refractivity contribution in [2.75, 3.05) is 19.7 Å². The van der Waals surface area contributed by atoms with E-state index in [4.69, 9.17) is 0 Å². The third-order valence-corrected chi connectivity index (χ3v) is 4.50. The minimum Gasteiger partial charge on any atom is -0.395 e. The van der Waals surface area contributed by atoms with Gasteiger partial charge in [0.15, 0.2) is 5.65 Å². The van der Waals surface area contributed by atoms with Gasteiger partial charge in [-0.15, -0.1) is 0 Å². The zero-order chi connectivity index (χ0) is 14.1. The molecule has 0 amide bonds. The van der Waals surface area contributed by atoms with Crippen LogP contribution in [0.15, 0.2) is 16.7 Å². The highest BCUT2D eigenvalue weighted by molar-refractivity contribution is 9.10. The molecule has 3 heterocycles. The van der Waals surface area contributed by atoms with E-state index in [9.17, 15) is 5.11 Å². The van der Waals surface area contributed by atoms with E-state index in [0.29, 0.717) is 6.04 Å². The van der Waals surface area contributed by atoms with Gasteiger partial charge in [-0.05, 0) is 41.8 Å². The SMILES string of the molecule is Cc1nc2ncc(Br)cc2n1CCCN1CC[C@H]1CO. The van der Waals surface area contributed by atoms with Crippen molar-refractivity contribution < 1.29 is 5.11 Å². The molecule has 0 unspecified atom stereocenters. The number of aliphatic hydroxyl groups excluding tert-OH is 1. The number of fused-ring (bicyclic) bond motifs is 1. The molecule has 108 valence electrons. The molecule has 1 fully saturated rings. The number of halogens is 1. The second-order valence-corrected chi connectivity index (χ2v) is 6.24. The van der Waals surface area contributed by atoms with Crippen LogP contribution >= 0.6 is 15.9 Å². The van der Waals surface area contributed by atoms with Crippen molar-refractivity contribution in [3.8, 4) is 0 Å². The predicted octanol–water partition coefficient (Wildman–Crippen LogP) is 1.96. The maximum Gasteiger partial charge on any atom is 0.177 e. The van der Waals surface area contributed by atoms with Crippen LogP contribution in [-0.2, 0) is 6.54 Å². The fourth-order valence-electron chi connectivity index (χ4n) is 2.80. The third kappa shape index (κ3) is 2.60. The van der Waals surface area contributed by atoms with Gasteiger partial charge < -0.3 is 9.67 Å². The molecule has 0 saturated carbocycles. The highest BCUT2D eigenvalue weighted by Crippen LogP contribution is 2.20. The number of nitrogens with zero attached hydrogens (tertiary/aromatic N) is 4. The Bertz CT molecular complexity index is 610.